The van der Waals surface area contributed by atoms with Crippen molar-refractivity contribution >= 4 is 17.7 Å². The number of aromatic nitrogens is 2. The highest BCUT2D eigenvalue weighted by atomic mass is 16.5. The van der Waals surface area contributed by atoms with Gasteiger partial charge in [-0.05, 0) is 18.9 Å². The molecule has 0 saturated heterocycles. The van der Waals surface area contributed by atoms with E-state index in [0.29, 0.717) is 12.1 Å². The summed E-state index contributed by atoms with van der Waals surface area (Å²) in [6.07, 6.45) is 3.55. The summed E-state index contributed by atoms with van der Waals surface area (Å²) < 4.78 is 4.83. The molecule has 0 fully saturated rings. The molecule has 122 valence electrons. The Hall–Kier alpha value is -2.83. The number of hydrogen-bond acceptors (Lipinski definition) is 4. The van der Waals surface area contributed by atoms with Crippen LogP contribution in [0.3, 0.4) is 0 Å². The fourth-order valence-corrected chi connectivity index (χ4v) is 2.24. The topological polar surface area (TPSA) is 96.1 Å². The van der Waals surface area contributed by atoms with Gasteiger partial charge in [-0.25, -0.2) is 4.79 Å². The molecule has 0 saturated carbocycles. The zero-order chi connectivity index (χ0) is 16.7. The van der Waals surface area contributed by atoms with Crippen LogP contribution in [0.25, 0.3) is 0 Å². The lowest BCUT2D eigenvalue weighted by molar-refractivity contribution is -0.145. The summed E-state index contributed by atoms with van der Waals surface area (Å²) in [4.78, 5) is 23.7. The van der Waals surface area contributed by atoms with Gasteiger partial charge in [0.25, 0.3) is 0 Å². The van der Waals surface area contributed by atoms with E-state index in [-0.39, 0.29) is 12.5 Å². The van der Waals surface area contributed by atoms with Gasteiger partial charge < -0.3 is 15.4 Å². The molecule has 3 N–H and O–H groups in total. The highest BCUT2D eigenvalue weighted by Gasteiger charge is 2.20. The van der Waals surface area contributed by atoms with Crippen LogP contribution in [0.15, 0.2) is 36.7 Å². The third-order valence-electron chi connectivity index (χ3n) is 3.36. The number of aryl methyl sites for hydroxylation is 1. The average molecular weight is 316 g/mol. The Morgan fingerprint density at radius 1 is 1.39 bits per heavy atom. The van der Waals surface area contributed by atoms with Gasteiger partial charge in [0.05, 0.1) is 24.9 Å². The highest BCUT2D eigenvalue weighted by molar-refractivity contribution is 5.89. The summed E-state index contributed by atoms with van der Waals surface area (Å²) in [5.41, 5.74) is 2.70. The Labute approximate surface area is 134 Å². The van der Waals surface area contributed by atoms with Crippen LogP contribution in [0.2, 0.25) is 0 Å². The van der Waals surface area contributed by atoms with Crippen molar-refractivity contribution in [1.82, 2.24) is 15.5 Å². The van der Waals surface area contributed by atoms with Gasteiger partial charge in [0.1, 0.15) is 0 Å². The Morgan fingerprint density at radius 3 is 2.87 bits per heavy atom. The average Bonchev–Trinajstić information content (AvgIpc) is 3.03. The van der Waals surface area contributed by atoms with Gasteiger partial charge in [0, 0.05) is 12.7 Å². The van der Waals surface area contributed by atoms with E-state index in [1.54, 1.807) is 6.20 Å². The largest absolute Gasteiger partial charge is 0.469 e. The molecule has 1 unspecified atom stereocenters. The molecule has 23 heavy (non-hydrogen) atoms. The molecule has 1 aromatic heterocycles. The molecule has 0 aliphatic rings. The Morgan fingerprint density at radius 2 is 2.22 bits per heavy atom. The number of anilines is 1. The van der Waals surface area contributed by atoms with Crippen LogP contribution >= 0.6 is 0 Å². The van der Waals surface area contributed by atoms with Crippen molar-refractivity contribution in [2.24, 2.45) is 5.92 Å². The predicted octanol–water partition coefficient (Wildman–Crippen LogP) is 1.87. The van der Waals surface area contributed by atoms with Crippen molar-refractivity contribution in [1.29, 1.82) is 0 Å². The number of nitrogens with zero attached hydrogens (tertiary/aromatic N) is 1. The molecule has 0 radical (unpaired) electrons. The zero-order valence-corrected chi connectivity index (χ0v) is 13.1. The second-order valence-corrected chi connectivity index (χ2v) is 5.24. The summed E-state index contributed by atoms with van der Waals surface area (Å²) in [6, 6.07) is 7.51. The van der Waals surface area contributed by atoms with Crippen LogP contribution in [0.5, 0.6) is 0 Å². The number of carbonyl (C=O) groups excluding carboxylic acids is 2. The zero-order valence-electron chi connectivity index (χ0n) is 13.1. The minimum absolute atomic E-state index is 0.185. The number of aromatic amines is 1. The quantitative estimate of drug-likeness (QED) is 0.709. The second-order valence-electron chi connectivity index (χ2n) is 5.24. The molecule has 7 heteroatoms. The van der Waals surface area contributed by atoms with Gasteiger partial charge >= 0.3 is 12.0 Å². The Bertz CT molecular complexity index is 655. The molecule has 0 aliphatic carbocycles. The third-order valence-corrected chi connectivity index (χ3v) is 3.36. The fraction of sp³-hybridized carbons (Fsp3) is 0.312. The molecule has 2 rings (SSSR count). The first kappa shape index (κ1) is 16.5. The van der Waals surface area contributed by atoms with Crippen LogP contribution in [-0.4, -0.2) is 35.9 Å². The maximum atomic E-state index is 11.9. The van der Waals surface area contributed by atoms with E-state index in [0.717, 1.165) is 11.1 Å². The first-order valence-electron chi connectivity index (χ1n) is 7.25. The SMILES string of the molecule is COC(=O)C(CNC(=O)Nc1cn[nH]c1)Cc1cccc(C)c1. The first-order chi connectivity index (χ1) is 11.1. The van der Waals surface area contributed by atoms with E-state index in [2.05, 4.69) is 20.8 Å². The molecule has 1 heterocycles. The maximum absolute atomic E-state index is 11.9. The van der Waals surface area contributed by atoms with Crippen molar-refractivity contribution in [2.45, 2.75) is 13.3 Å². The lowest BCUT2D eigenvalue weighted by atomic mass is 9.98. The molecule has 2 amide bonds. The lowest BCUT2D eigenvalue weighted by Crippen LogP contribution is -2.37. The van der Waals surface area contributed by atoms with E-state index in [4.69, 9.17) is 4.74 Å². The number of carbonyl (C=O) groups is 2. The molecule has 2 aromatic rings. The Balaban J connectivity index is 1.93. The predicted molar refractivity (Wildman–Crippen MR) is 86.0 cm³/mol. The van der Waals surface area contributed by atoms with E-state index < -0.39 is 11.9 Å². The van der Waals surface area contributed by atoms with Gasteiger partial charge in [-0.15, -0.1) is 0 Å². The maximum Gasteiger partial charge on any atom is 0.319 e. The van der Waals surface area contributed by atoms with Crippen molar-refractivity contribution < 1.29 is 14.3 Å². The number of benzene rings is 1. The molecule has 1 atom stereocenters. The standard InChI is InChI=1S/C16H20N4O3/c1-11-4-3-5-12(6-11)7-13(15(21)23-2)8-17-16(22)20-14-9-18-19-10-14/h3-6,9-10,13H,7-8H2,1-2H3,(H,18,19)(H2,17,20,22). The van der Waals surface area contributed by atoms with Crippen LogP contribution in [0, 0.1) is 12.8 Å². The van der Waals surface area contributed by atoms with Crippen LogP contribution in [-0.2, 0) is 16.0 Å². The van der Waals surface area contributed by atoms with Crippen LogP contribution < -0.4 is 10.6 Å². The molecule has 7 nitrogen and oxygen atoms in total. The first-order valence-corrected chi connectivity index (χ1v) is 7.25. The summed E-state index contributed by atoms with van der Waals surface area (Å²) in [6.45, 7) is 2.18. The summed E-state index contributed by atoms with van der Waals surface area (Å²) in [5, 5.41) is 11.6. The number of urea groups is 1. The van der Waals surface area contributed by atoms with Gasteiger partial charge in [-0.2, -0.15) is 5.10 Å². The van der Waals surface area contributed by atoms with Crippen molar-refractivity contribution in [3.05, 3.63) is 47.8 Å². The molecular formula is C16H20N4O3. The van der Waals surface area contributed by atoms with Gasteiger partial charge in [0.15, 0.2) is 0 Å². The number of methoxy groups -OCH3 is 1. The molecular weight excluding hydrogens is 296 g/mol. The Kier molecular flexibility index (Phi) is 5.74. The molecule has 0 bridgehead atoms. The number of hydrogen-bond donors (Lipinski definition) is 3. The van der Waals surface area contributed by atoms with E-state index in [1.807, 2.05) is 31.2 Å². The molecule has 1 aromatic carbocycles. The number of esters is 1. The molecule has 0 aliphatic heterocycles. The van der Waals surface area contributed by atoms with Gasteiger partial charge in [0.2, 0.25) is 0 Å². The number of H-pyrrole nitrogens is 1. The van der Waals surface area contributed by atoms with Crippen molar-refractivity contribution in [3.63, 3.8) is 0 Å². The van der Waals surface area contributed by atoms with E-state index >= 15 is 0 Å². The monoisotopic (exact) mass is 316 g/mol. The summed E-state index contributed by atoms with van der Waals surface area (Å²) in [5.74, 6) is -0.799. The van der Waals surface area contributed by atoms with Crippen LogP contribution in [0.4, 0.5) is 10.5 Å². The van der Waals surface area contributed by atoms with Crippen molar-refractivity contribution in [3.8, 4) is 0 Å². The molecule has 0 spiro atoms. The fourth-order valence-electron chi connectivity index (χ4n) is 2.24. The smallest absolute Gasteiger partial charge is 0.319 e. The number of nitrogens with one attached hydrogen (secondary N) is 3. The van der Waals surface area contributed by atoms with Gasteiger partial charge in [-0.3, -0.25) is 9.89 Å². The van der Waals surface area contributed by atoms with E-state index in [9.17, 15) is 9.59 Å². The highest BCUT2D eigenvalue weighted by Crippen LogP contribution is 2.12. The minimum Gasteiger partial charge on any atom is -0.469 e. The van der Waals surface area contributed by atoms with Crippen molar-refractivity contribution in [2.75, 3.05) is 19.0 Å². The van der Waals surface area contributed by atoms with E-state index in [1.165, 1.54) is 13.3 Å². The normalized spacial score (nSPS) is 11.6. The lowest BCUT2D eigenvalue weighted by Gasteiger charge is -2.16. The van der Waals surface area contributed by atoms with Crippen LogP contribution in [0.1, 0.15) is 11.1 Å². The number of ether oxygens (including phenoxy) is 1. The third kappa shape index (κ3) is 5.14. The second kappa shape index (κ2) is 7.98. The number of rotatable bonds is 6. The number of amides is 2. The summed E-state index contributed by atoms with van der Waals surface area (Å²) in [7, 11) is 1.34. The van der Waals surface area contributed by atoms with Gasteiger partial charge in [-0.1, -0.05) is 29.8 Å². The minimum atomic E-state index is -0.447. The summed E-state index contributed by atoms with van der Waals surface area (Å²) >= 11 is 0.